The molecule has 2 aliphatic rings. The van der Waals surface area contributed by atoms with Gasteiger partial charge < -0.3 is 10.2 Å². The largest absolute Gasteiger partial charge is 0.352 e. The van der Waals surface area contributed by atoms with E-state index in [0.29, 0.717) is 0 Å². The fourth-order valence-electron chi connectivity index (χ4n) is 3.44. The first-order chi connectivity index (χ1) is 11.5. The molecule has 0 bridgehead atoms. The third-order valence-electron chi connectivity index (χ3n) is 4.92. The van der Waals surface area contributed by atoms with Gasteiger partial charge in [0, 0.05) is 32.1 Å². The fourth-order valence-corrected chi connectivity index (χ4v) is 3.44. The standard InChI is InChI=1S/C18H25F2N3O/c19-18(20)12-16(21-13-18)17(24)22-15-7-10-23(11-8-15)9-6-14-4-2-1-3-5-14/h1-5,15-16,21H,6-13H2,(H,22,24). The molecule has 1 unspecified atom stereocenters. The number of likely N-dealkylation sites (tertiary alicyclic amines) is 1. The number of rotatable bonds is 5. The number of piperidine rings is 1. The predicted octanol–water partition coefficient (Wildman–Crippen LogP) is 1.81. The van der Waals surface area contributed by atoms with Crippen LogP contribution < -0.4 is 10.6 Å². The summed E-state index contributed by atoms with van der Waals surface area (Å²) in [5.74, 6) is -3.04. The molecule has 1 atom stereocenters. The highest BCUT2D eigenvalue weighted by Crippen LogP contribution is 2.25. The van der Waals surface area contributed by atoms with Crippen LogP contribution in [-0.2, 0) is 11.2 Å². The zero-order valence-electron chi connectivity index (χ0n) is 13.8. The second-order valence-electron chi connectivity index (χ2n) is 6.85. The van der Waals surface area contributed by atoms with Gasteiger partial charge in [-0.2, -0.15) is 0 Å². The van der Waals surface area contributed by atoms with Crippen molar-refractivity contribution in [2.45, 2.75) is 43.7 Å². The first-order valence-electron chi connectivity index (χ1n) is 8.70. The van der Waals surface area contributed by atoms with Crippen molar-refractivity contribution >= 4 is 5.91 Å². The number of hydrogen-bond acceptors (Lipinski definition) is 3. The molecule has 1 aromatic carbocycles. The van der Waals surface area contributed by atoms with Gasteiger partial charge in [-0.1, -0.05) is 30.3 Å². The van der Waals surface area contributed by atoms with E-state index in [1.807, 2.05) is 6.07 Å². The normalized spacial score (nSPS) is 24.8. The van der Waals surface area contributed by atoms with E-state index in [2.05, 4.69) is 39.8 Å². The van der Waals surface area contributed by atoms with Crippen LogP contribution in [0.1, 0.15) is 24.8 Å². The number of benzene rings is 1. The summed E-state index contributed by atoms with van der Waals surface area (Å²) < 4.78 is 26.3. The van der Waals surface area contributed by atoms with Gasteiger partial charge in [0.05, 0.1) is 12.6 Å². The molecule has 0 aromatic heterocycles. The molecular weight excluding hydrogens is 312 g/mol. The molecule has 2 aliphatic heterocycles. The Morgan fingerprint density at radius 2 is 1.96 bits per heavy atom. The summed E-state index contributed by atoms with van der Waals surface area (Å²) >= 11 is 0. The van der Waals surface area contributed by atoms with E-state index in [-0.39, 0.29) is 11.9 Å². The van der Waals surface area contributed by atoms with Crippen LogP contribution in [0.2, 0.25) is 0 Å². The lowest BCUT2D eigenvalue weighted by molar-refractivity contribution is -0.124. The third-order valence-corrected chi connectivity index (χ3v) is 4.92. The molecule has 0 spiro atoms. The van der Waals surface area contributed by atoms with Gasteiger partial charge >= 0.3 is 0 Å². The van der Waals surface area contributed by atoms with Gasteiger partial charge in [0.1, 0.15) is 0 Å². The van der Waals surface area contributed by atoms with Crippen LogP contribution in [0.5, 0.6) is 0 Å². The van der Waals surface area contributed by atoms with Crippen LogP contribution in [0, 0.1) is 0 Å². The van der Waals surface area contributed by atoms with Crippen molar-refractivity contribution < 1.29 is 13.6 Å². The molecule has 1 amide bonds. The molecule has 0 saturated carbocycles. The number of nitrogens with zero attached hydrogens (tertiary/aromatic N) is 1. The Hall–Kier alpha value is -1.53. The highest BCUT2D eigenvalue weighted by molar-refractivity contribution is 5.82. The van der Waals surface area contributed by atoms with Gasteiger partial charge in [-0.05, 0) is 24.8 Å². The maximum atomic E-state index is 13.2. The van der Waals surface area contributed by atoms with Crippen molar-refractivity contribution in [2.75, 3.05) is 26.2 Å². The topological polar surface area (TPSA) is 44.4 Å². The number of hydrogen-bond donors (Lipinski definition) is 2. The highest BCUT2D eigenvalue weighted by Gasteiger charge is 2.42. The number of halogens is 2. The molecule has 0 aliphatic carbocycles. The summed E-state index contributed by atoms with van der Waals surface area (Å²) in [5, 5.41) is 5.54. The summed E-state index contributed by atoms with van der Waals surface area (Å²) in [5.41, 5.74) is 1.33. The van der Waals surface area contributed by atoms with E-state index in [1.165, 1.54) is 5.56 Å². The molecule has 1 aromatic rings. The van der Waals surface area contributed by atoms with Crippen LogP contribution in [0.3, 0.4) is 0 Å². The van der Waals surface area contributed by atoms with Crippen molar-refractivity contribution in [3.63, 3.8) is 0 Å². The summed E-state index contributed by atoms with van der Waals surface area (Å²) in [6, 6.07) is 9.74. The van der Waals surface area contributed by atoms with Crippen LogP contribution in [-0.4, -0.2) is 55.0 Å². The van der Waals surface area contributed by atoms with Crippen molar-refractivity contribution in [1.29, 1.82) is 0 Å². The SMILES string of the molecule is O=C(NC1CCN(CCc2ccccc2)CC1)C1CC(F)(F)CN1. The smallest absolute Gasteiger partial charge is 0.262 e. The maximum absolute atomic E-state index is 13.2. The highest BCUT2D eigenvalue weighted by atomic mass is 19.3. The van der Waals surface area contributed by atoms with Crippen molar-refractivity contribution in [1.82, 2.24) is 15.5 Å². The number of carbonyl (C=O) groups is 1. The lowest BCUT2D eigenvalue weighted by atomic mass is 10.0. The molecule has 0 radical (unpaired) electrons. The minimum Gasteiger partial charge on any atom is -0.352 e. The Kier molecular flexibility index (Phi) is 5.46. The Balaban J connectivity index is 1.37. The fraction of sp³-hybridized carbons (Fsp3) is 0.611. The molecule has 4 nitrogen and oxygen atoms in total. The van der Waals surface area contributed by atoms with E-state index in [0.717, 1.165) is 38.9 Å². The number of nitrogens with one attached hydrogen (secondary N) is 2. The zero-order valence-corrected chi connectivity index (χ0v) is 13.8. The van der Waals surface area contributed by atoms with Crippen molar-refractivity contribution in [2.24, 2.45) is 0 Å². The molecule has 2 saturated heterocycles. The van der Waals surface area contributed by atoms with Gasteiger partial charge in [0.15, 0.2) is 0 Å². The molecule has 24 heavy (non-hydrogen) atoms. The van der Waals surface area contributed by atoms with E-state index < -0.39 is 24.9 Å². The van der Waals surface area contributed by atoms with E-state index >= 15 is 0 Å². The minimum atomic E-state index is -2.76. The average Bonchev–Trinajstić information content (AvgIpc) is 2.95. The van der Waals surface area contributed by atoms with Crippen LogP contribution in [0.15, 0.2) is 30.3 Å². The summed E-state index contributed by atoms with van der Waals surface area (Å²) in [7, 11) is 0. The molecule has 6 heteroatoms. The second kappa shape index (κ2) is 7.57. The minimum absolute atomic E-state index is 0.0986. The lowest BCUT2D eigenvalue weighted by Gasteiger charge is -2.32. The second-order valence-corrected chi connectivity index (χ2v) is 6.85. The van der Waals surface area contributed by atoms with E-state index in [1.54, 1.807) is 0 Å². The summed E-state index contributed by atoms with van der Waals surface area (Å²) in [4.78, 5) is 14.5. The zero-order chi connectivity index (χ0) is 17.0. The number of alkyl halides is 2. The van der Waals surface area contributed by atoms with Crippen LogP contribution in [0.25, 0.3) is 0 Å². The number of carbonyl (C=O) groups excluding carboxylic acids is 1. The predicted molar refractivity (Wildman–Crippen MR) is 89.1 cm³/mol. The lowest BCUT2D eigenvalue weighted by Crippen LogP contribution is -2.49. The molecule has 3 rings (SSSR count). The van der Waals surface area contributed by atoms with Gasteiger partial charge in [-0.3, -0.25) is 10.1 Å². The Morgan fingerprint density at radius 3 is 2.58 bits per heavy atom. The van der Waals surface area contributed by atoms with Crippen LogP contribution in [0.4, 0.5) is 8.78 Å². The Labute approximate surface area is 141 Å². The quantitative estimate of drug-likeness (QED) is 0.861. The van der Waals surface area contributed by atoms with E-state index in [9.17, 15) is 13.6 Å². The molecule has 2 N–H and O–H groups in total. The first-order valence-corrected chi connectivity index (χ1v) is 8.70. The summed E-state index contributed by atoms with van der Waals surface area (Å²) in [6.45, 7) is 2.49. The molecule has 2 heterocycles. The maximum Gasteiger partial charge on any atom is 0.262 e. The average molecular weight is 337 g/mol. The Morgan fingerprint density at radius 1 is 1.25 bits per heavy atom. The van der Waals surface area contributed by atoms with Gasteiger partial charge in [-0.15, -0.1) is 0 Å². The summed E-state index contributed by atoms with van der Waals surface area (Å²) in [6.07, 6.45) is 2.39. The van der Waals surface area contributed by atoms with Gasteiger partial charge in [0.25, 0.3) is 5.92 Å². The van der Waals surface area contributed by atoms with Crippen molar-refractivity contribution in [3.8, 4) is 0 Å². The van der Waals surface area contributed by atoms with E-state index in [4.69, 9.17) is 0 Å². The third kappa shape index (κ3) is 4.74. The van der Waals surface area contributed by atoms with Gasteiger partial charge in [-0.25, -0.2) is 8.78 Å². The van der Waals surface area contributed by atoms with Crippen LogP contribution >= 0.6 is 0 Å². The first kappa shape index (κ1) is 17.3. The number of amides is 1. The molecular formula is C18H25F2N3O. The van der Waals surface area contributed by atoms with Crippen molar-refractivity contribution in [3.05, 3.63) is 35.9 Å². The monoisotopic (exact) mass is 337 g/mol. The van der Waals surface area contributed by atoms with Gasteiger partial charge in [0.2, 0.25) is 5.91 Å². The Bertz CT molecular complexity index is 544. The molecule has 132 valence electrons. The molecule has 2 fully saturated rings.